The molecule has 6 heteroatoms. The number of hydrogen-bond acceptors (Lipinski definition) is 6. The van der Waals surface area contributed by atoms with Crippen molar-refractivity contribution in [3.63, 3.8) is 0 Å². The van der Waals surface area contributed by atoms with Gasteiger partial charge in [-0.15, -0.1) is 0 Å². The monoisotopic (exact) mass is 437 g/mol. The van der Waals surface area contributed by atoms with Crippen LogP contribution in [0.4, 0.5) is 0 Å². The van der Waals surface area contributed by atoms with Gasteiger partial charge in [-0.1, -0.05) is 18.2 Å². The van der Waals surface area contributed by atoms with Crippen LogP contribution in [-0.2, 0) is 12.8 Å². The van der Waals surface area contributed by atoms with E-state index >= 15 is 0 Å². The number of aliphatic hydroxyl groups excluding tert-OH is 1. The lowest BCUT2D eigenvalue weighted by Gasteiger charge is -2.21. The van der Waals surface area contributed by atoms with Crippen LogP contribution in [0, 0.1) is 6.92 Å². The summed E-state index contributed by atoms with van der Waals surface area (Å²) >= 11 is 0. The maximum Gasteiger partial charge on any atom is 0.339 e. The van der Waals surface area contributed by atoms with Crippen LogP contribution in [0.25, 0.3) is 11.0 Å². The van der Waals surface area contributed by atoms with Gasteiger partial charge in [-0.3, -0.25) is 5.32 Å². The van der Waals surface area contributed by atoms with Gasteiger partial charge in [0.2, 0.25) is 0 Å². The Hall–Kier alpha value is -2.83. The molecule has 1 aliphatic rings. The maximum absolute atomic E-state index is 12.4. The molecule has 4 rings (SSSR count). The molecular weight excluding hydrogens is 406 g/mol. The van der Waals surface area contributed by atoms with Crippen LogP contribution in [0.5, 0.6) is 11.5 Å². The molecule has 0 saturated carbocycles. The number of fused-ring (bicyclic) bond motifs is 3. The van der Waals surface area contributed by atoms with Crippen molar-refractivity contribution in [1.29, 1.82) is 0 Å². The first-order chi connectivity index (χ1) is 15.5. The number of benzene rings is 2. The third kappa shape index (κ3) is 5.31. The molecule has 1 heterocycles. The predicted octanol–water partition coefficient (Wildman–Crippen LogP) is 4.12. The van der Waals surface area contributed by atoms with Gasteiger partial charge in [-0.25, -0.2) is 4.79 Å². The number of para-hydroxylation sites is 1. The topological polar surface area (TPSA) is 80.9 Å². The van der Waals surface area contributed by atoms with Crippen molar-refractivity contribution >= 4 is 11.0 Å². The predicted molar refractivity (Wildman–Crippen MR) is 125 cm³/mol. The van der Waals surface area contributed by atoms with Crippen LogP contribution >= 0.6 is 0 Å². The smallest absolute Gasteiger partial charge is 0.339 e. The van der Waals surface area contributed by atoms with Crippen LogP contribution in [-0.4, -0.2) is 30.6 Å². The van der Waals surface area contributed by atoms with E-state index in [1.165, 1.54) is 0 Å². The molecule has 0 radical (unpaired) electrons. The summed E-state index contributed by atoms with van der Waals surface area (Å²) in [5.74, 6) is 1.52. The lowest BCUT2D eigenvalue weighted by atomic mass is 9.90. The average Bonchev–Trinajstić information content (AvgIpc) is 2.78. The van der Waals surface area contributed by atoms with E-state index in [1.807, 2.05) is 56.3 Å². The number of ether oxygens (including phenoxy) is 2. The van der Waals surface area contributed by atoms with E-state index < -0.39 is 6.23 Å². The van der Waals surface area contributed by atoms with Crippen molar-refractivity contribution in [1.82, 2.24) is 5.32 Å². The van der Waals surface area contributed by atoms with Gasteiger partial charge < -0.3 is 19.0 Å². The number of rotatable bonds is 9. The highest BCUT2D eigenvalue weighted by Crippen LogP contribution is 2.34. The standard InChI is InChI=1S/C26H31NO5/c1-17-14-22(25-20-10-6-7-11-21(20)26(29)32-23(25)15-17)30-13-12-24(28)27-18(2)16-31-19-8-4-3-5-9-19/h3-5,8-9,14-15,18,24,27-28H,6-7,10-13,16H2,1-2H3. The zero-order chi connectivity index (χ0) is 22.5. The molecule has 170 valence electrons. The normalized spacial score (nSPS) is 15.2. The second-order valence-electron chi connectivity index (χ2n) is 8.53. The van der Waals surface area contributed by atoms with Gasteiger partial charge in [-0.2, -0.15) is 0 Å². The summed E-state index contributed by atoms with van der Waals surface area (Å²) in [6, 6.07) is 13.5. The zero-order valence-corrected chi connectivity index (χ0v) is 18.7. The third-order valence-corrected chi connectivity index (χ3v) is 5.80. The molecule has 2 unspecified atom stereocenters. The van der Waals surface area contributed by atoms with Gasteiger partial charge in [0, 0.05) is 18.0 Å². The minimum atomic E-state index is -0.715. The summed E-state index contributed by atoms with van der Waals surface area (Å²) < 4.78 is 17.4. The summed E-state index contributed by atoms with van der Waals surface area (Å²) in [5.41, 5.74) is 3.16. The lowest BCUT2D eigenvalue weighted by Crippen LogP contribution is -2.40. The lowest BCUT2D eigenvalue weighted by molar-refractivity contribution is 0.0883. The van der Waals surface area contributed by atoms with Crippen LogP contribution in [0.1, 0.15) is 42.9 Å². The van der Waals surface area contributed by atoms with Crippen molar-refractivity contribution in [2.24, 2.45) is 0 Å². The van der Waals surface area contributed by atoms with Crippen molar-refractivity contribution < 1.29 is 19.0 Å². The Morgan fingerprint density at radius 3 is 2.62 bits per heavy atom. The van der Waals surface area contributed by atoms with E-state index in [2.05, 4.69) is 5.32 Å². The minimum Gasteiger partial charge on any atom is -0.493 e. The molecule has 3 aromatic rings. The average molecular weight is 438 g/mol. The highest BCUT2D eigenvalue weighted by Gasteiger charge is 2.21. The fraction of sp³-hybridized carbons (Fsp3) is 0.423. The first-order valence-electron chi connectivity index (χ1n) is 11.3. The highest BCUT2D eigenvalue weighted by atomic mass is 16.5. The Kier molecular flexibility index (Phi) is 7.12. The maximum atomic E-state index is 12.4. The molecule has 1 aliphatic carbocycles. The van der Waals surface area contributed by atoms with Gasteiger partial charge in [0.1, 0.15) is 29.9 Å². The van der Waals surface area contributed by atoms with Crippen LogP contribution in [0.15, 0.2) is 51.7 Å². The molecule has 2 N–H and O–H groups in total. The first kappa shape index (κ1) is 22.4. The first-order valence-corrected chi connectivity index (χ1v) is 11.3. The SMILES string of the molecule is Cc1cc(OCCC(O)NC(C)COc2ccccc2)c2c3c(c(=O)oc2c1)CCCC3. The van der Waals surface area contributed by atoms with Crippen molar-refractivity contribution in [3.8, 4) is 11.5 Å². The van der Waals surface area contributed by atoms with E-state index in [1.54, 1.807) is 0 Å². The Morgan fingerprint density at radius 2 is 1.84 bits per heavy atom. The fourth-order valence-corrected chi connectivity index (χ4v) is 4.26. The molecule has 2 aromatic carbocycles. The molecule has 0 saturated heterocycles. The summed E-state index contributed by atoms with van der Waals surface area (Å²) in [6.07, 6.45) is 3.39. The number of hydrogen-bond donors (Lipinski definition) is 2. The van der Waals surface area contributed by atoms with Crippen molar-refractivity contribution in [3.05, 3.63) is 69.6 Å². The van der Waals surface area contributed by atoms with E-state index in [0.29, 0.717) is 25.2 Å². The summed E-state index contributed by atoms with van der Waals surface area (Å²) in [6.45, 7) is 4.72. The summed E-state index contributed by atoms with van der Waals surface area (Å²) in [5, 5.41) is 14.4. The van der Waals surface area contributed by atoms with Gasteiger partial charge >= 0.3 is 5.63 Å². The van der Waals surface area contributed by atoms with E-state index in [9.17, 15) is 9.90 Å². The van der Waals surface area contributed by atoms with Gasteiger partial charge in [-0.05, 0) is 74.9 Å². The Balaban J connectivity index is 1.37. The van der Waals surface area contributed by atoms with E-state index in [-0.39, 0.29) is 11.7 Å². The third-order valence-electron chi connectivity index (χ3n) is 5.80. The fourth-order valence-electron chi connectivity index (χ4n) is 4.26. The Bertz CT molecular complexity index is 1110. The zero-order valence-electron chi connectivity index (χ0n) is 18.7. The van der Waals surface area contributed by atoms with Gasteiger partial charge in [0.15, 0.2) is 0 Å². The molecule has 0 fully saturated rings. The Labute approximate surface area is 188 Å². The van der Waals surface area contributed by atoms with Gasteiger partial charge in [0.05, 0.1) is 12.0 Å². The van der Waals surface area contributed by atoms with Crippen molar-refractivity contribution in [2.75, 3.05) is 13.2 Å². The summed E-state index contributed by atoms with van der Waals surface area (Å²) in [4.78, 5) is 12.4. The highest BCUT2D eigenvalue weighted by molar-refractivity contribution is 5.88. The van der Waals surface area contributed by atoms with Gasteiger partial charge in [0.25, 0.3) is 0 Å². The van der Waals surface area contributed by atoms with E-state index in [0.717, 1.165) is 59.3 Å². The van der Waals surface area contributed by atoms with Crippen LogP contribution < -0.4 is 20.4 Å². The summed E-state index contributed by atoms with van der Waals surface area (Å²) in [7, 11) is 0. The molecular formula is C26H31NO5. The largest absolute Gasteiger partial charge is 0.493 e. The molecule has 0 spiro atoms. The molecule has 0 aliphatic heterocycles. The second-order valence-corrected chi connectivity index (χ2v) is 8.53. The van der Waals surface area contributed by atoms with Crippen LogP contribution in [0.3, 0.4) is 0 Å². The molecule has 6 nitrogen and oxygen atoms in total. The number of aryl methyl sites for hydroxylation is 2. The van der Waals surface area contributed by atoms with E-state index in [4.69, 9.17) is 13.9 Å². The van der Waals surface area contributed by atoms with Crippen molar-refractivity contribution in [2.45, 2.75) is 58.2 Å². The molecule has 1 aromatic heterocycles. The Morgan fingerprint density at radius 1 is 1.09 bits per heavy atom. The minimum absolute atomic E-state index is 0.0219. The molecule has 0 bridgehead atoms. The van der Waals surface area contributed by atoms with Crippen LogP contribution in [0.2, 0.25) is 0 Å². The molecule has 2 atom stereocenters. The second kappa shape index (κ2) is 10.2. The quantitative estimate of drug-likeness (QED) is 0.387. The molecule has 0 amide bonds. The number of nitrogens with one attached hydrogen (secondary N) is 1. The molecule has 32 heavy (non-hydrogen) atoms. The number of aliphatic hydroxyl groups is 1.